The number of aryl methyl sites for hydroxylation is 2. The highest BCUT2D eigenvalue weighted by Gasteiger charge is 2.39. The second-order valence-electron chi connectivity index (χ2n) is 8.14. The lowest BCUT2D eigenvalue weighted by Gasteiger charge is -2.20. The molecule has 2 aromatic heterocycles. The van der Waals surface area contributed by atoms with Crippen LogP contribution in [0.5, 0.6) is 0 Å². The number of likely N-dealkylation sites (tertiary alicyclic amines) is 1. The predicted octanol–water partition coefficient (Wildman–Crippen LogP) is 2.44. The van der Waals surface area contributed by atoms with E-state index in [1.807, 2.05) is 43.3 Å². The Hall–Kier alpha value is -2.71. The molecule has 2 fully saturated rings. The summed E-state index contributed by atoms with van der Waals surface area (Å²) in [5.74, 6) is 0.907. The lowest BCUT2D eigenvalue weighted by molar-refractivity contribution is -0.131. The fourth-order valence-electron chi connectivity index (χ4n) is 4.46. The second-order valence-corrected chi connectivity index (χ2v) is 8.14. The standard InChI is InChI=1S/C22H26N4O4/c1-14-17(15(2)30-24-14)7-8-22(27)25-9-20-21(10-25)29-12-16(11-28-20)26-13-23-18-5-3-4-6-19(18)26/h3-6,13,16,20-21H,7-12H2,1-2H3/t20-,21-/m0/s1. The van der Waals surface area contributed by atoms with Gasteiger partial charge in [-0.05, 0) is 32.4 Å². The number of carbonyl (C=O) groups excluding carboxylic acids is 1. The van der Waals surface area contributed by atoms with Gasteiger partial charge < -0.3 is 23.5 Å². The third-order valence-electron chi connectivity index (χ3n) is 6.22. The number of carbonyl (C=O) groups is 1. The summed E-state index contributed by atoms with van der Waals surface area (Å²) >= 11 is 0. The predicted molar refractivity (Wildman–Crippen MR) is 109 cm³/mol. The largest absolute Gasteiger partial charge is 0.371 e. The van der Waals surface area contributed by atoms with Crippen LogP contribution in [0.1, 0.15) is 29.5 Å². The van der Waals surface area contributed by atoms with Crippen molar-refractivity contribution in [1.29, 1.82) is 0 Å². The molecule has 2 saturated heterocycles. The summed E-state index contributed by atoms with van der Waals surface area (Å²) in [7, 11) is 0. The highest BCUT2D eigenvalue weighted by molar-refractivity contribution is 5.77. The smallest absolute Gasteiger partial charge is 0.223 e. The van der Waals surface area contributed by atoms with Crippen molar-refractivity contribution in [3.05, 3.63) is 47.6 Å². The van der Waals surface area contributed by atoms with Crippen LogP contribution in [-0.2, 0) is 20.7 Å². The number of benzene rings is 1. The van der Waals surface area contributed by atoms with Crippen molar-refractivity contribution >= 4 is 16.9 Å². The number of amides is 1. The number of aromatic nitrogens is 3. The maximum absolute atomic E-state index is 12.7. The van der Waals surface area contributed by atoms with Gasteiger partial charge in [0.25, 0.3) is 0 Å². The van der Waals surface area contributed by atoms with Crippen LogP contribution in [0, 0.1) is 13.8 Å². The lowest BCUT2D eigenvalue weighted by atomic mass is 10.1. The molecule has 2 aliphatic heterocycles. The van der Waals surface area contributed by atoms with Gasteiger partial charge in [-0.15, -0.1) is 0 Å². The van der Waals surface area contributed by atoms with Gasteiger partial charge in [0.2, 0.25) is 5.91 Å². The fraction of sp³-hybridized carbons (Fsp3) is 0.500. The molecule has 0 bridgehead atoms. The van der Waals surface area contributed by atoms with Crippen molar-refractivity contribution in [1.82, 2.24) is 19.6 Å². The van der Waals surface area contributed by atoms with Crippen molar-refractivity contribution in [3.8, 4) is 0 Å². The number of nitrogens with zero attached hydrogens (tertiary/aromatic N) is 4. The minimum absolute atomic E-state index is 0.0756. The van der Waals surface area contributed by atoms with E-state index in [0.29, 0.717) is 39.1 Å². The van der Waals surface area contributed by atoms with E-state index in [4.69, 9.17) is 14.0 Å². The summed E-state index contributed by atoms with van der Waals surface area (Å²) in [5, 5.41) is 3.96. The molecule has 0 aliphatic carbocycles. The molecule has 4 heterocycles. The Morgan fingerprint density at radius 3 is 2.57 bits per heavy atom. The Bertz CT molecular complexity index is 1020. The van der Waals surface area contributed by atoms with Gasteiger partial charge in [0.15, 0.2) is 0 Å². The highest BCUT2D eigenvalue weighted by Crippen LogP contribution is 2.27. The first-order valence-corrected chi connectivity index (χ1v) is 10.4. The van der Waals surface area contributed by atoms with E-state index >= 15 is 0 Å². The minimum atomic E-state index is -0.0900. The van der Waals surface area contributed by atoms with Gasteiger partial charge in [0.1, 0.15) is 18.0 Å². The Morgan fingerprint density at radius 1 is 1.13 bits per heavy atom. The lowest BCUT2D eigenvalue weighted by Crippen LogP contribution is -2.31. The van der Waals surface area contributed by atoms with E-state index in [1.54, 1.807) is 0 Å². The molecular weight excluding hydrogens is 384 g/mol. The maximum Gasteiger partial charge on any atom is 0.223 e. The average molecular weight is 410 g/mol. The van der Waals surface area contributed by atoms with Crippen molar-refractivity contribution in [3.63, 3.8) is 0 Å². The van der Waals surface area contributed by atoms with Gasteiger partial charge in [-0.25, -0.2) is 4.98 Å². The molecule has 0 spiro atoms. The quantitative estimate of drug-likeness (QED) is 0.657. The van der Waals surface area contributed by atoms with E-state index in [1.165, 1.54) is 0 Å². The number of fused-ring (bicyclic) bond motifs is 2. The molecular formula is C22H26N4O4. The summed E-state index contributed by atoms with van der Waals surface area (Å²) in [4.78, 5) is 19.1. The highest BCUT2D eigenvalue weighted by atomic mass is 16.6. The first-order chi connectivity index (χ1) is 14.6. The van der Waals surface area contributed by atoms with Crippen molar-refractivity contribution < 1.29 is 18.8 Å². The van der Waals surface area contributed by atoms with Crippen LogP contribution in [-0.4, -0.2) is 64.0 Å². The molecule has 5 rings (SSSR count). The van der Waals surface area contributed by atoms with Gasteiger partial charge in [-0.2, -0.15) is 0 Å². The Labute approximate surface area is 174 Å². The number of hydrogen-bond acceptors (Lipinski definition) is 6. The first-order valence-electron chi connectivity index (χ1n) is 10.4. The number of hydrogen-bond donors (Lipinski definition) is 0. The fourth-order valence-corrected chi connectivity index (χ4v) is 4.46. The van der Waals surface area contributed by atoms with Crippen LogP contribution in [0.2, 0.25) is 0 Å². The molecule has 2 atom stereocenters. The molecule has 8 nitrogen and oxygen atoms in total. The van der Waals surface area contributed by atoms with Crippen LogP contribution in [0.15, 0.2) is 35.1 Å². The van der Waals surface area contributed by atoms with Gasteiger partial charge >= 0.3 is 0 Å². The number of para-hydroxylation sites is 2. The Balaban J connectivity index is 1.19. The van der Waals surface area contributed by atoms with Crippen LogP contribution in [0.25, 0.3) is 11.0 Å². The van der Waals surface area contributed by atoms with Gasteiger partial charge in [-0.1, -0.05) is 17.3 Å². The second kappa shape index (κ2) is 7.85. The van der Waals surface area contributed by atoms with Gasteiger partial charge in [-0.3, -0.25) is 4.79 Å². The molecule has 2 aliphatic rings. The van der Waals surface area contributed by atoms with E-state index in [9.17, 15) is 4.79 Å². The zero-order valence-corrected chi connectivity index (χ0v) is 17.3. The van der Waals surface area contributed by atoms with Gasteiger partial charge in [0, 0.05) is 25.1 Å². The number of ether oxygens (including phenoxy) is 2. The molecule has 30 heavy (non-hydrogen) atoms. The zero-order valence-electron chi connectivity index (χ0n) is 17.3. The molecule has 1 aromatic carbocycles. The molecule has 1 amide bonds. The zero-order chi connectivity index (χ0) is 20.7. The summed E-state index contributed by atoms with van der Waals surface area (Å²) in [6, 6.07) is 8.14. The van der Waals surface area contributed by atoms with Crippen molar-refractivity contribution in [2.45, 2.75) is 44.9 Å². The van der Waals surface area contributed by atoms with Crippen LogP contribution in [0.3, 0.4) is 0 Å². The minimum Gasteiger partial charge on any atom is -0.371 e. The summed E-state index contributed by atoms with van der Waals surface area (Å²) in [5.41, 5.74) is 3.94. The summed E-state index contributed by atoms with van der Waals surface area (Å²) in [6.07, 6.45) is 2.75. The molecule has 3 aromatic rings. The third-order valence-corrected chi connectivity index (χ3v) is 6.22. The normalized spacial score (nSPS) is 22.4. The maximum atomic E-state index is 12.7. The van der Waals surface area contributed by atoms with Crippen LogP contribution < -0.4 is 0 Å². The molecule has 0 unspecified atom stereocenters. The molecule has 158 valence electrons. The third kappa shape index (κ3) is 3.50. The summed E-state index contributed by atoms with van der Waals surface area (Å²) < 4.78 is 19.7. The average Bonchev–Trinajstić information content (AvgIpc) is 3.41. The Morgan fingerprint density at radius 2 is 1.87 bits per heavy atom. The van der Waals surface area contributed by atoms with Crippen LogP contribution >= 0.6 is 0 Å². The topological polar surface area (TPSA) is 82.6 Å². The Kier molecular flexibility index (Phi) is 5.04. The van der Waals surface area contributed by atoms with Crippen LogP contribution in [0.4, 0.5) is 0 Å². The number of imidazole rings is 1. The van der Waals surface area contributed by atoms with E-state index < -0.39 is 0 Å². The molecule has 0 N–H and O–H groups in total. The number of rotatable bonds is 4. The van der Waals surface area contributed by atoms with Crippen molar-refractivity contribution in [2.24, 2.45) is 0 Å². The SMILES string of the molecule is Cc1noc(C)c1CCC(=O)N1C[C@@H]2OCC(n3cnc4ccccc43)CO[C@H]2C1. The van der Waals surface area contributed by atoms with E-state index in [2.05, 4.69) is 20.8 Å². The monoisotopic (exact) mass is 410 g/mol. The summed E-state index contributed by atoms with van der Waals surface area (Å²) in [6.45, 7) is 6.03. The van der Waals surface area contributed by atoms with E-state index in [-0.39, 0.29) is 24.2 Å². The molecule has 8 heteroatoms. The van der Waals surface area contributed by atoms with E-state index in [0.717, 1.165) is 28.1 Å². The van der Waals surface area contributed by atoms with Gasteiger partial charge in [0.05, 0.1) is 42.3 Å². The van der Waals surface area contributed by atoms with Crippen molar-refractivity contribution in [2.75, 3.05) is 26.3 Å². The first kappa shape index (κ1) is 19.3. The molecule has 0 saturated carbocycles. The molecule has 0 radical (unpaired) electrons.